The summed E-state index contributed by atoms with van der Waals surface area (Å²) in [5, 5.41) is 12.3. The smallest absolute Gasteiger partial charge is 0.335 e. The molecule has 0 spiro atoms. The van der Waals surface area contributed by atoms with Crippen LogP contribution in [0.25, 0.3) is 5.65 Å². The minimum atomic E-state index is -1.05. The molecule has 2 heterocycles. The van der Waals surface area contributed by atoms with Gasteiger partial charge in [0.05, 0.1) is 16.3 Å². The lowest BCUT2D eigenvalue weighted by Crippen LogP contribution is -2.16. The number of aromatic carboxylic acids is 1. The maximum absolute atomic E-state index is 12.7. The molecule has 122 valence electrons. The van der Waals surface area contributed by atoms with Crippen LogP contribution >= 0.6 is 11.6 Å². The van der Waals surface area contributed by atoms with Crippen molar-refractivity contribution >= 4 is 34.8 Å². The lowest BCUT2D eigenvalue weighted by atomic mass is 10.1. The second-order valence-corrected chi connectivity index (χ2v) is 5.85. The van der Waals surface area contributed by atoms with Crippen molar-refractivity contribution in [2.24, 2.45) is 0 Å². The van der Waals surface area contributed by atoms with Gasteiger partial charge in [-0.15, -0.1) is 0 Å². The number of carbonyl (C=O) groups is 2. The maximum Gasteiger partial charge on any atom is 0.335 e. The molecule has 24 heavy (non-hydrogen) atoms. The third-order valence-electron chi connectivity index (χ3n) is 3.70. The molecule has 1 aromatic carbocycles. The van der Waals surface area contributed by atoms with Crippen LogP contribution in [0.4, 0.5) is 5.69 Å². The third kappa shape index (κ3) is 2.83. The second-order valence-electron chi connectivity index (χ2n) is 5.41. The molecule has 0 atom stereocenters. The van der Waals surface area contributed by atoms with Gasteiger partial charge in [0, 0.05) is 11.9 Å². The monoisotopic (exact) mass is 343 g/mol. The van der Waals surface area contributed by atoms with Crippen molar-refractivity contribution in [2.45, 2.75) is 13.8 Å². The fourth-order valence-corrected chi connectivity index (χ4v) is 2.64. The molecule has 6 nitrogen and oxygen atoms in total. The number of fused-ring (bicyclic) bond motifs is 1. The molecule has 0 saturated heterocycles. The summed E-state index contributed by atoms with van der Waals surface area (Å²) in [5.41, 5.74) is 2.83. The Balaban J connectivity index is 2.02. The highest BCUT2D eigenvalue weighted by Crippen LogP contribution is 2.21. The molecule has 0 unspecified atom stereocenters. The molecule has 3 rings (SSSR count). The van der Waals surface area contributed by atoms with Crippen molar-refractivity contribution in [1.82, 2.24) is 9.38 Å². The number of pyridine rings is 1. The van der Waals surface area contributed by atoms with Crippen molar-refractivity contribution in [2.75, 3.05) is 5.32 Å². The maximum atomic E-state index is 12.7. The van der Waals surface area contributed by atoms with Gasteiger partial charge in [-0.05, 0) is 43.7 Å². The lowest BCUT2D eigenvalue weighted by Gasteiger charge is -2.10. The third-order valence-corrected chi connectivity index (χ3v) is 3.93. The van der Waals surface area contributed by atoms with Crippen LogP contribution in [0.1, 0.15) is 32.1 Å². The Labute approximate surface area is 142 Å². The summed E-state index contributed by atoms with van der Waals surface area (Å²) in [6.07, 6.45) is 1.62. The molecule has 0 radical (unpaired) electrons. The van der Waals surface area contributed by atoms with Gasteiger partial charge in [0.1, 0.15) is 11.3 Å². The van der Waals surface area contributed by atoms with Crippen molar-refractivity contribution in [3.63, 3.8) is 0 Å². The molecule has 2 N–H and O–H groups in total. The number of carbonyl (C=O) groups excluding carboxylic acids is 1. The molecular formula is C17H14ClN3O3. The van der Waals surface area contributed by atoms with Crippen molar-refractivity contribution < 1.29 is 14.7 Å². The fraction of sp³-hybridized carbons (Fsp3) is 0.118. The van der Waals surface area contributed by atoms with Crippen LogP contribution in [0.3, 0.4) is 0 Å². The first kappa shape index (κ1) is 16.0. The molecule has 0 aliphatic heterocycles. The Morgan fingerprint density at radius 2 is 1.96 bits per heavy atom. The van der Waals surface area contributed by atoms with Crippen LogP contribution in [-0.4, -0.2) is 26.4 Å². The van der Waals surface area contributed by atoms with Gasteiger partial charge in [0.2, 0.25) is 0 Å². The van der Waals surface area contributed by atoms with Gasteiger partial charge >= 0.3 is 5.97 Å². The molecule has 0 aliphatic carbocycles. The van der Waals surface area contributed by atoms with E-state index in [0.717, 1.165) is 5.56 Å². The number of aryl methyl sites for hydroxylation is 2. The molecule has 1 amide bonds. The van der Waals surface area contributed by atoms with Gasteiger partial charge in [0.15, 0.2) is 0 Å². The summed E-state index contributed by atoms with van der Waals surface area (Å²) >= 11 is 6.00. The number of amides is 1. The summed E-state index contributed by atoms with van der Waals surface area (Å²) < 4.78 is 1.61. The molecule has 0 saturated carbocycles. The van der Waals surface area contributed by atoms with Gasteiger partial charge in [-0.1, -0.05) is 17.7 Å². The number of nitrogens with zero attached hydrogens (tertiary/aromatic N) is 2. The lowest BCUT2D eigenvalue weighted by molar-refractivity contribution is 0.0696. The highest BCUT2D eigenvalue weighted by molar-refractivity contribution is 6.30. The molecule has 0 aliphatic rings. The molecule has 7 heteroatoms. The summed E-state index contributed by atoms with van der Waals surface area (Å²) in [5.74, 6) is -1.43. The van der Waals surface area contributed by atoms with Gasteiger partial charge in [-0.25, -0.2) is 9.78 Å². The summed E-state index contributed by atoms with van der Waals surface area (Å²) in [7, 11) is 0. The average Bonchev–Trinajstić information content (AvgIpc) is 2.84. The highest BCUT2D eigenvalue weighted by Gasteiger charge is 2.18. The van der Waals surface area contributed by atoms with Gasteiger partial charge < -0.3 is 10.4 Å². The Hall–Kier alpha value is -2.86. The normalized spacial score (nSPS) is 10.8. The molecule has 0 bridgehead atoms. The second kappa shape index (κ2) is 5.98. The number of rotatable bonds is 3. The predicted octanol–water partition coefficient (Wildman–Crippen LogP) is 3.56. The van der Waals surface area contributed by atoms with Crippen LogP contribution < -0.4 is 5.32 Å². The van der Waals surface area contributed by atoms with E-state index in [-0.39, 0.29) is 11.5 Å². The Kier molecular flexibility index (Phi) is 3.99. The van der Waals surface area contributed by atoms with Crippen LogP contribution in [0.5, 0.6) is 0 Å². The first-order valence-corrected chi connectivity index (χ1v) is 7.54. The first-order valence-electron chi connectivity index (χ1n) is 7.16. The van der Waals surface area contributed by atoms with Crippen molar-refractivity contribution in [1.29, 1.82) is 0 Å². The number of hydrogen-bond donors (Lipinski definition) is 2. The highest BCUT2D eigenvalue weighted by atomic mass is 35.5. The zero-order chi connectivity index (χ0) is 17.4. The van der Waals surface area contributed by atoms with Crippen LogP contribution in [0, 0.1) is 13.8 Å². The minimum absolute atomic E-state index is 0.105. The molecule has 3 aromatic rings. The standard InChI is InChI=1S/C17H14ClN3O3/c1-9-3-4-11(17(23)24)7-13(9)20-16(22)15-10(2)19-14-6-5-12(18)8-21(14)15/h3-8H,1-2H3,(H,20,22)(H,23,24). The zero-order valence-electron chi connectivity index (χ0n) is 13.0. The van der Waals surface area contributed by atoms with E-state index in [1.165, 1.54) is 12.1 Å². The van der Waals surface area contributed by atoms with E-state index >= 15 is 0 Å². The number of imidazole rings is 1. The topological polar surface area (TPSA) is 83.7 Å². The Morgan fingerprint density at radius 1 is 1.21 bits per heavy atom. The summed E-state index contributed by atoms with van der Waals surface area (Å²) in [6, 6.07) is 8.00. The zero-order valence-corrected chi connectivity index (χ0v) is 13.8. The molecule has 2 aromatic heterocycles. The number of benzene rings is 1. The van der Waals surface area contributed by atoms with Gasteiger partial charge in [-0.2, -0.15) is 0 Å². The van der Waals surface area contributed by atoms with Crippen molar-refractivity contribution in [3.8, 4) is 0 Å². The van der Waals surface area contributed by atoms with Crippen molar-refractivity contribution in [3.05, 3.63) is 64.1 Å². The van der Waals surface area contributed by atoms with Gasteiger partial charge in [-0.3, -0.25) is 9.20 Å². The van der Waals surface area contributed by atoms with Crippen LogP contribution in [-0.2, 0) is 0 Å². The van der Waals surface area contributed by atoms with E-state index in [1.54, 1.807) is 42.6 Å². The van der Waals surface area contributed by atoms with E-state index in [2.05, 4.69) is 10.3 Å². The number of hydrogen-bond acceptors (Lipinski definition) is 3. The largest absolute Gasteiger partial charge is 0.478 e. The molecule has 0 fully saturated rings. The number of carboxylic acids is 1. The number of anilines is 1. The van der Waals surface area contributed by atoms with Gasteiger partial charge in [0.25, 0.3) is 5.91 Å². The van der Waals surface area contributed by atoms with Crippen LogP contribution in [0.15, 0.2) is 36.5 Å². The quantitative estimate of drug-likeness (QED) is 0.761. The average molecular weight is 344 g/mol. The minimum Gasteiger partial charge on any atom is -0.478 e. The number of nitrogens with one attached hydrogen (secondary N) is 1. The molecular weight excluding hydrogens is 330 g/mol. The Morgan fingerprint density at radius 3 is 2.67 bits per heavy atom. The summed E-state index contributed by atoms with van der Waals surface area (Å²) in [4.78, 5) is 28.1. The number of carboxylic acid groups (broad SMARTS) is 1. The van der Waals surface area contributed by atoms with E-state index in [1.807, 2.05) is 0 Å². The summed E-state index contributed by atoms with van der Waals surface area (Å²) in [6.45, 7) is 3.52. The van der Waals surface area contributed by atoms with E-state index in [0.29, 0.717) is 27.7 Å². The first-order chi connectivity index (χ1) is 11.4. The Bertz CT molecular complexity index is 979. The number of aromatic nitrogens is 2. The van der Waals surface area contributed by atoms with E-state index in [4.69, 9.17) is 16.7 Å². The predicted molar refractivity (Wildman–Crippen MR) is 91.0 cm³/mol. The van der Waals surface area contributed by atoms with Crippen LogP contribution in [0.2, 0.25) is 5.02 Å². The number of halogens is 1. The SMILES string of the molecule is Cc1ccc(C(=O)O)cc1NC(=O)c1c(C)nc2ccc(Cl)cn12. The fourth-order valence-electron chi connectivity index (χ4n) is 2.48. The van der Waals surface area contributed by atoms with E-state index in [9.17, 15) is 9.59 Å². The van der Waals surface area contributed by atoms with E-state index < -0.39 is 5.97 Å².